The summed E-state index contributed by atoms with van der Waals surface area (Å²) < 4.78 is 16.6. The molecule has 0 aliphatic rings. The Morgan fingerprint density at radius 2 is 1.88 bits per heavy atom. The number of methoxy groups -OCH3 is 2. The standard InChI is InChI=1S/C25H30N4O3/c1-6-7-20-12-18(13-22(30-4)23(20)31-5)14-27-25(26-3)28-15-21-16-32-24(29-21)19-10-8-17(2)9-11-19/h6,8-13,16H,1,7,14-15H2,2-5H3,(H2,26,27,28). The number of aliphatic imine (C=N–C) groups is 1. The number of rotatable bonds is 9. The highest BCUT2D eigenvalue weighted by Gasteiger charge is 2.12. The van der Waals surface area contributed by atoms with Gasteiger partial charge in [0.2, 0.25) is 5.89 Å². The molecule has 0 saturated heterocycles. The van der Waals surface area contributed by atoms with E-state index >= 15 is 0 Å². The average molecular weight is 435 g/mol. The highest BCUT2D eigenvalue weighted by molar-refractivity contribution is 5.79. The van der Waals surface area contributed by atoms with Crippen molar-refractivity contribution in [1.29, 1.82) is 0 Å². The summed E-state index contributed by atoms with van der Waals surface area (Å²) in [5.74, 6) is 2.68. The first kappa shape index (κ1) is 22.9. The predicted octanol–water partition coefficient (Wildman–Crippen LogP) is 4.26. The number of aromatic nitrogens is 1. The zero-order valence-electron chi connectivity index (χ0n) is 19.1. The summed E-state index contributed by atoms with van der Waals surface area (Å²) in [5.41, 5.74) is 5.01. The fourth-order valence-corrected chi connectivity index (χ4v) is 3.31. The van der Waals surface area contributed by atoms with Crippen LogP contribution >= 0.6 is 0 Å². The minimum atomic E-state index is 0.489. The van der Waals surface area contributed by atoms with Gasteiger partial charge in [-0.25, -0.2) is 4.98 Å². The first-order valence-corrected chi connectivity index (χ1v) is 10.4. The molecule has 0 bridgehead atoms. The Labute approximate surface area is 189 Å². The molecule has 3 rings (SSSR count). The molecule has 0 amide bonds. The number of oxazole rings is 1. The SMILES string of the molecule is C=CCc1cc(CNC(=NC)NCc2coc(-c3ccc(C)cc3)n2)cc(OC)c1OC. The lowest BCUT2D eigenvalue weighted by atomic mass is 10.1. The van der Waals surface area contributed by atoms with E-state index < -0.39 is 0 Å². The van der Waals surface area contributed by atoms with Crippen molar-refractivity contribution in [2.75, 3.05) is 21.3 Å². The number of allylic oxidation sites excluding steroid dienone is 1. The number of aryl methyl sites for hydroxylation is 1. The van der Waals surface area contributed by atoms with E-state index in [-0.39, 0.29) is 0 Å². The van der Waals surface area contributed by atoms with E-state index in [0.717, 1.165) is 28.1 Å². The third kappa shape index (κ3) is 5.69. The first-order valence-electron chi connectivity index (χ1n) is 10.4. The van der Waals surface area contributed by atoms with Crippen molar-refractivity contribution >= 4 is 5.96 Å². The van der Waals surface area contributed by atoms with Crippen LogP contribution in [0.1, 0.15) is 22.4 Å². The molecule has 0 spiro atoms. The quantitative estimate of drug-likeness (QED) is 0.298. The maximum atomic E-state index is 5.62. The van der Waals surface area contributed by atoms with Crippen molar-refractivity contribution in [1.82, 2.24) is 15.6 Å². The van der Waals surface area contributed by atoms with Crippen LogP contribution in [-0.4, -0.2) is 32.2 Å². The van der Waals surface area contributed by atoms with E-state index in [0.29, 0.717) is 37.1 Å². The highest BCUT2D eigenvalue weighted by atomic mass is 16.5. The molecule has 0 radical (unpaired) electrons. The maximum Gasteiger partial charge on any atom is 0.226 e. The Balaban J connectivity index is 1.61. The monoisotopic (exact) mass is 434 g/mol. The highest BCUT2D eigenvalue weighted by Crippen LogP contribution is 2.33. The van der Waals surface area contributed by atoms with Crippen LogP contribution in [0.3, 0.4) is 0 Å². The number of benzene rings is 2. The molecular formula is C25H30N4O3. The first-order chi connectivity index (χ1) is 15.6. The van der Waals surface area contributed by atoms with Gasteiger partial charge in [-0.05, 0) is 43.2 Å². The van der Waals surface area contributed by atoms with Crippen LogP contribution in [0.2, 0.25) is 0 Å². The molecule has 0 atom stereocenters. The molecule has 0 aliphatic heterocycles. The van der Waals surface area contributed by atoms with Crippen molar-refractivity contribution < 1.29 is 13.9 Å². The maximum absolute atomic E-state index is 5.62. The Morgan fingerprint density at radius 1 is 1.12 bits per heavy atom. The van der Waals surface area contributed by atoms with Gasteiger partial charge < -0.3 is 24.5 Å². The Hall–Kier alpha value is -3.74. The molecular weight excluding hydrogens is 404 g/mol. The van der Waals surface area contributed by atoms with Crippen LogP contribution in [-0.2, 0) is 19.5 Å². The molecule has 168 valence electrons. The smallest absolute Gasteiger partial charge is 0.226 e. The van der Waals surface area contributed by atoms with Crippen molar-refractivity contribution in [2.45, 2.75) is 26.4 Å². The molecule has 32 heavy (non-hydrogen) atoms. The molecule has 7 nitrogen and oxygen atoms in total. The summed E-state index contributed by atoms with van der Waals surface area (Å²) in [6.07, 6.45) is 4.19. The Kier molecular flexibility index (Phi) is 7.91. The van der Waals surface area contributed by atoms with Gasteiger partial charge in [0.25, 0.3) is 0 Å². The van der Waals surface area contributed by atoms with Crippen LogP contribution in [0.15, 0.2) is 64.7 Å². The van der Waals surface area contributed by atoms with Crippen LogP contribution in [0.25, 0.3) is 11.5 Å². The van der Waals surface area contributed by atoms with Gasteiger partial charge in [-0.3, -0.25) is 4.99 Å². The third-order valence-electron chi connectivity index (χ3n) is 4.95. The van der Waals surface area contributed by atoms with Crippen LogP contribution in [0, 0.1) is 6.92 Å². The number of ether oxygens (including phenoxy) is 2. The zero-order chi connectivity index (χ0) is 22.9. The predicted molar refractivity (Wildman–Crippen MR) is 127 cm³/mol. The second kappa shape index (κ2) is 11.0. The Morgan fingerprint density at radius 3 is 2.53 bits per heavy atom. The van der Waals surface area contributed by atoms with E-state index in [1.165, 1.54) is 5.56 Å². The summed E-state index contributed by atoms with van der Waals surface area (Å²) in [5, 5.41) is 6.58. The van der Waals surface area contributed by atoms with Gasteiger partial charge >= 0.3 is 0 Å². The van der Waals surface area contributed by atoms with Crippen LogP contribution < -0.4 is 20.1 Å². The number of nitrogens with one attached hydrogen (secondary N) is 2. The molecule has 1 aromatic heterocycles. The topological polar surface area (TPSA) is 80.9 Å². The van der Waals surface area contributed by atoms with Crippen LogP contribution in [0.4, 0.5) is 0 Å². The molecule has 3 aromatic rings. The lowest BCUT2D eigenvalue weighted by Crippen LogP contribution is -2.36. The zero-order valence-corrected chi connectivity index (χ0v) is 19.1. The molecule has 2 N–H and O–H groups in total. The average Bonchev–Trinajstić information content (AvgIpc) is 3.28. The summed E-state index contributed by atoms with van der Waals surface area (Å²) in [6.45, 7) is 6.93. The van der Waals surface area contributed by atoms with E-state index in [9.17, 15) is 0 Å². The number of nitrogens with zero attached hydrogens (tertiary/aromatic N) is 2. The van der Waals surface area contributed by atoms with E-state index in [2.05, 4.69) is 40.2 Å². The second-order valence-corrected chi connectivity index (χ2v) is 7.27. The van der Waals surface area contributed by atoms with Gasteiger partial charge in [-0.2, -0.15) is 0 Å². The lowest BCUT2D eigenvalue weighted by Gasteiger charge is -2.16. The van der Waals surface area contributed by atoms with Gasteiger partial charge in [0.15, 0.2) is 17.5 Å². The molecule has 0 saturated carbocycles. The number of hydrogen-bond acceptors (Lipinski definition) is 5. The van der Waals surface area contributed by atoms with Gasteiger partial charge in [0.1, 0.15) is 6.26 Å². The molecule has 2 aromatic carbocycles. The second-order valence-electron chi connectivity index (χ2n) is 7.27. The summed E-state index contributed by atoms with van der Waals surface area (Å²) in [6, 6.07) is 12.1. The largest absolute Gasteiger partial charge is 0.493 e. The minimum absolute atomic E-state index is 0.489. The van der Waals surface area contributed by atoms with Gasteiger partial charge in [-0.15, -0.1) is 6.58 Å². The molecule has 0 aliphatic carbocycles. The van der Waals surface area contributed by atoms with E-state index in [1.807, 2.05) is 36.4 Å². The van der Waals surface area contributed by atoms with E-state index in [1.54, 1.807) is 27.5 Å². The van der Waals surface area contributed by atoms with E-state index in [4.69, 9.17) is 13.9 Å². The fraction of sp³-hybridized carbons (Fsp3) is 0.280. The van der Waals surface area contributed by atoms with Crippen molar-refractivity contribution in [3.8, 4) is 23.0 Å². The third-order valence-corrected chi connectivity index (χ3v) is 4.95. The Bertz CT molecular complexity index is 1070. The van der Waals surface area contributed by atoms with Crippen molar-refractivity contribution in [3.63, 3.8) is 0 Å². The summed E-state index contributed by atoms with van der Waals surface area (Å²) in [7, 11) is 5.01. The molecule has 0 unspecified atom stereocenters. The summed E-state index contributed by atoms with van der Waals surface area (Å²) in [4.78, 5) is 8.85. The molecule has 0 fully saturated rings. The van der Waals surface area contributed by atoms with Gasteiger partial charge in [0.05, 0.1) is 26.5 Å². The van der Waals surface area contributed by atoms with Crippen LogP contribution in [0.5, 0.6) is 11.5 Å². The summed E-state index contributed by atoms with van der Waals surface area (Å²) >= 11 is 0. The minimum Gasteiger partial charge on any atom is -0.493 e. The lowest BCUT2D eigenvalue weighted by molar-refractivity contribution is 0.352. The normalized spacial score (nSPS) is 11.2. The number of guanidine groups is 1. The molecule has 1 heterocycles. The van der Waals surface area contributed by atoms with Crippen molar-refractivity contribution in [3.05, 3.63) is 77.7 Å². The number of hydrogen-bond donors (Lipinski definition) is 2. The molecule has 7 heteroatoms. The van der Waals surface area contributed by atoms with Gasteiger partial charge in [-0.1, -0.05) is 23.8 Å². The fourth-order valence-electron chi connectivity index (χ4n) is 3.31. The van der Waals surface area contributed by atoms with Gasteiger partial charge in [0, 0.05) is 24.7 Å². The van der Waals surface area contributed by atoms with Crippen molar-refractivity contribution in [2.24, 2.45) is 4.99 Å².